The van der Waals surface area contributed by atoms with Crippen molar-refractivity contribution in [3.63, 3.8) is 0 Å². The molecule has 0 aromatic rings. The van der Waals surface area contributed by atoms with E-state index < -0.39 is 12.1 Å². The lowest BCUT2D eigenvalue weighted by atomic mass is 10.0. The summed E-state index contributed by atoms with van der Waals surface area (Å²) in [5.41, 5.74) is 0. The lowest BCUT2D eigenvalue weighted by Gasteiger charge is -2.20. The van der Waals surface area contributed by atoms with Crippen LogP contribution in [0.4, 0.5) is 0 Å². The Kier molecular flexibility index (Phi) is 41.9. The Bertz CT molecular complexity index is 873. The standard InChI is InChI=1S/C48H87NO3/c1-3-5-7-9-11-13-15-17-19-20-21-22-23-24-25-26-27-28-30-32-34-36-38-40-42-44-48(52)49-46(45-50)47(51)43-41-39-37-35-33-31-29-18-16-14-12-10-8-6-4-2/h5,7,11,13,17,19,21-22,41,43,46-47,50-51H,3-4,6,8-10,12,14-16,18,20,23-40,42,44-45H2,1-2H3,(H,49,52)/b7-5-,13-11-,19-17-,22-21-,43-41+. The normalized spacial score (nSPS) is 13.5. The van der Waals surface area contributed by atoms with Gasteiger partial charge in [0.05, 0.1) is 18.8 Å². The molecule has 4 heteroatoms. The van der Waals surface area contributed by atoms with Crippen molar-refractivity contribution in [1.29, 1.82) is 0 Å². The van der Waals surface area contributed by atoms with Crippen molar-refractivity contribution in [2.45, 2.75) is 231 Å². The SMILES string of the molecule is CC/C=C\C/C=C\C/C=C\C/C=C\CCCCCCCCCCCCCCC(=O)NC(CO)C(O)/C=C/CCCCCCCCCCCCCCC. The lowest BCUT2D eigenvalue weighted by Crippen LogP contribution is -2.45. The summed E-state index contributed by atoms with van der Waals surface area (Å²) in [6.45, 7) is 4.19. The van der Waals surface area contributed by atoms with Crippen LogP contribution in [0, 0.1) is 0 Å². The first kappa shape index (κ1) is 50.1. The topological polar surface area (TPSA) is 69.6 Å². The summed E-state index contributed by atoms with van der Waals surface area (Å²) in [6.07, 6.45) is 60.4. The fourth-order valence-electron chi connectivity index (χ4n) is 6.58. The summed E-state index contributed by atoms with van der Waals surface area (Å²) >= 11 is 0. The van der Waals surface area contributed by atoms with Gasteiger partial charge in [-0.3, -0.25) is 4.79 Å². The highest BCUT2D eigenvalue weighted by atomic mass is 16.3. The van der Waals surface area contributed by atoms with Crippen LogP contribution in [0.1, 0.15) is 219 Å². The Balaban J connectivity index is 3.56. The van der Waals surface area contributed by atoms with Gasteiger partial charge >= 0.3 is 0 Å². The van der Waals surface area contributed by atoms with Crippen LogP contribution in [-0.2, 0) is 4.79 Å². The average molecular weight is 726 g/mol. The third kappa shape index (κ3) is 39.3. The van der Waals surface area contributed by atoms with Gasteiger partial charge in [0.25, 0.3) is 0 Å². The minimum Gasteiger partial charge on any atom is -0.394 e. The van der Waals surface area contributed by atoms with Crippen molar-refractivity contribution >= 4 is 5.91 Å². The fraction of sp³-hybridized carbons (Fsp3) is 0.771. The summed E-state index contributed by atoms with van der Waals surface area (Å²) in [4.78, 5) is 12.4. The van der Waals surface area contributed by atoms with E-state index in [9.17, 15) is 15.0 Å². The molecule has 2 unspecified atom stereocenters. The summed E-state index contributed by atoms with van der Waals surface area (Å²) in [6, 6.07) is -0.624. The van der Waals surface area contributed by atoms with Crippen molar-refractivity contribution in [2.75, 3.05) is 6.61 Å². The van der Waals surface area contributed by atoms with Gasteiger partial charge in [-0.05, 0) is 57.8 Å². The summed E-state index contributed by atoms with van der Waals surface area (Å²) in [5.74, 6) is -0.0681. The van der Waals surface area contributed by atoms with E-state index in [1.165, 1.54) is 148 Å². The highest BCUT2D eigenvalue weighted by molar-refractivity contribution is 5.76. The zero-order valence-corrected chi connectivity index (χ0v) is 34.6. The maximum absolute atomic E-state index is 12.4. The van der Waals surface area contributed by atoms with Crippen molar-refractivity contribution in [1.82, 2.24) is 5.32 Å². The van der Waals surface area contributed by atoms with Gasteiger partial charge in [0.15, 0.2) is 0 Å². The highest BCUT2D eigenvalue weighted by Crippen LogP contribution is 2.15. The number of allylic oxidation sites excluding steroid dienone is 9. The average Bonchev–Trinajstić information content (AvgIpc) is 3.15. The second kappa shape index (κ2) is 43.5. The molecule has 52 heavy (non-hydrogen) atoms. The Morgan fingerprint density at radius 2 is 0.846 bits per heavy atom. The molecule has 0 saturated carbocycles. The van der Waals surface area contributed by atoms with E-state index in [-0.39, 0.29) is 12.5 Å². The molecule has 0 fully saturated rings. The molecular formula is C48H87NO3. The minimum absolute atomic E-state index is 0.0681. The Hall–Kier alpha value is -1.91. The zero-order valence-electron chi connectivity index (χ0n) is 34.6. The number of amides is 1. The second-order valence-electron chi connectivity index (χ2n) is 15.1. The van der Waals surface area contributed by atoms with E-state index in [1.807, 2.05) is 6.08 Å². The maximum Gasteiger partial charge on any atom is 0.220 e. The molecule has 302 valence electrons. The van der Waals surface area contributed by atoms with Crippen LogP contribution in [0.15, 0.2) is 60.8 Å². The van der Waals surface area contributed by atoms with Gasteiger partial charge in [0.1, 0.15) is 0 Å². The molecule has 0 radical (unpaired) electrons. The third-order valence-electron chi connectivity index (χ3n) is 10.0. The molecule has 0 aliphatic heterocycles. The van der Waals surface area contributed by atoms with Crippen molar-refractivity contribution in [2.24, 2.45) is 0 Å². The maximum atomic E-state index is 12.4. The Morgan fingerprint density at radius 1 is 0.481 bits per heavy atom. The Labute approximate surface area is 324 Å². The van der Waals surface area contributed by atoms with Gasteiger partial charge < -0.3 is 15.5 Å². The van der Waals surface area contributed by atoms with Crippen LogP contribution in [0.25, 0.3) is 0 Å². The molecule has 0 bridgehead atoms. The van der Waals surface area contributed by atoms with Crippen LogP contribution in [0.5, 0.6) is 0 Å². The Morgan fingerprint density at radius 3 is 1.27 bits per heavy atom. The van der Waals surface area contributed by atoms with E-state index in [4.69, 9.17) is 0 Å². The van der Waals surface area contributed by atoms with E-state index >= 15 is 0 Å². The number of hydrogen-bond acceptors (Lipinski definition) is 3. The van der Waals surface area contributed by atoms with Crippen LogP contribution in [0.2, 0.25) is 0 Å². The molecule has 0 aliphatic carbocycles. The van der Waals surface area contributed by atoms with Crippen molar-refractivity contribution < 1.29 is 15.0 Å². The molecule has 0 heterocycles. The number of unbranched alkanes of at least 4 members (excludes halogenated alkanes) is 25. The van der Waals surface area contributed by atoms with Gasteiger partial charge in [-0.2, -0.15) is 0 Å². The molecule has 0 rings (SSSR count). The van der Waals surface area contributed by atoms with Crippen molar-refractivity contribution in [3.8, 4) is 0 Å². The quantitative estimate of drug-likeness (QED) is 0.0435. The monoisotopic (exact) mass is 726 g/mol. The molecule has 1 amide bonds. The van der Waals surface area contributed by atoms with E-state index in [0.717, 1.165) is 51.4 Å². The molecular weight excluding hydrogens is 639 g/mol. The lowest BCUT2D eigenvalue weighted by molar-refractivity contribution is -0.123. The number of hydrogen-bond donors (Lipinski definition) is 3. The number of aliphatic hydroxyl groups excluding tert-OH is 2. The second-order valence-corrected chi connectivity index (χ2v) is 15.1. The molecule has 3 N–H and O–H groups in total. The van der Waals surface area contributed by atoms with Gasteiger partial charge in [-0.15, -0.1) is 0 Å². The fourth-order valence-corrected chi connectivity index (χ4v) is 6.58. The van der Waals surface area contributed by atoms with Gasteiger partial charge in [-0.1, -0.05) is 216 Å². The molecule has 0 saturated heterocycles. The number of nitrogens with one attached hydrogen (secondary N) is 1. The smallest absolute Gasteiger partial charge is 0.220 e. The summed E-state index contributed by atoms with van der Waals surface area (Å²) in [7, 11) is 0. The van der Waals surface area contributed by atoms with Crippen LogP contribution in [0.3, 0.4) is 0 Å². The molecule has 4 nitrogen and oxygen atoms in total. The van der Waals surface area contributed by atoms with E-state index in [1.54, 1.807) is 6.08 Å². The van der Waals surface area contributed by atoms with E-state index in [2.05, 4.69) is 67.8 Å². The first-order chi connectivity index (χ1) is 25.7. The van der Waals surface area contributed by atoms with Crippen LogP contribution in [-0.4, -0.2) is 34.9 Å². The number of rotatable bonds is 40. The molecule has 0 aromatic heterocycles. The predicted octanol–water partition coefficient (Wildman–Crippen LogP) is 14.1. The van der Waals surface area contributed by atoms with E-state index in [0.29, 0.717) is 6.42 Å². The number of aliphatic hydroxyl groups is 2. The van der Waals surface area contributed by atoms with Gasteiger partial charge in [0.2, 0.25) is 5.91 Å². The molecule has 0 aliphatic rings. The number of carbonyl (C=O) groups is 1. The van der Waals surface area contributed by atoms with Gasteiger partial charge in [-0.25, -0.2) is 0 Å². The number of carbonyl (C=O) groups excluding carboxylic acids is 1. The molecule has 2 atom stereocenters. The zero-order chi connectivity index (χ0) is 37.8. The van der Waals surface area contributed by atoms with Crippen molar-refractivity contribution in [3.05, 3.63) is 60.8 Å². The first-order valence-electron chi connectivity index (χ1n) is 22.5. The van der Waals surface area contributed by atoms with Crippen LogP contribution < -0.4 is 5.32 Å². The first-order valence-corrected chi connectivity index (χ1v) is 22.5. The van der Waals surface area contributed by atoms with Crippen LogP contribution >= 0.6 is 0 Å². The van der Waals surface area contributed by atoms with Gasteiger partial charge in [0, 0.05) is 6.42 Å². The molecule has 0 spiro atoms. The predicted molar refractivity (Wildman–Crippen MR) is 230 cm³/mol. The summed E-state index contributed by atoms with van der Waals surface area (Å²) in [5, 5.41) is 23.0. The minimum atomic E-state index is -0.841. The largest absolute Gasteiger partial charge is 0.394 e. The third-order valence-corrected chi connectivity index (χ3v) is 10.0. The molecule has 0 aromatic carbocycles. The summed E-state index contributed by atoms with van der Waals surface area (Å²) < 4.78 is 0. The highest BCUT2D eigenvalue weighted by Gasteiger charge is 2.17.